The molecule has 2 aromatic rings. The molecule has 2 saturated heterocycles. The fraction of sp³-hybridized carbons (Fsp3) is 0.519. The van der Waals surface area contributed by atoms with Gasteiger partial charge in [0, 0.05) is 19.7 Å². The van der Waals surface area contributed by atoms with E-state index in [1.54, 1.807) is 11.0 Å². The highest BCUT2D eigenvalue weighted by Crippen LogP contribution is 2.53. The van der Waals surface area contributed by atoms with Gasteiger partial charge in [-0.2, -0.15) is 4.31 Å². The Hall–Kier alpha value is -2.27. The Morgan fingerprint density at radius 3 is 2.39 bits per heavy atom. The number of hydrogen-bond donors (Lipinski definition) is 1. The molecule has 5 rings (SSSR count). The third kappa shape index (κ3) is 5.28. The molecule has 206 valence electrons. The van der Waals surface area contributed by atoms with Gasteiger partial charge in [0.05, 0.1) is 17.1 Å². The second kappa shape index (κ2) is 10.7. The first-order valence-electron chi connectivity index (χ1n) is 13.0. The number of hydrogen-bond acceptors (Lipinski definition) is 5. The normalized spacial score (nSPS) is 24.3. The minimum Gasteiger partial charge on any atom is -0.441 e. The standard InChI is InChI=1S/C27H31ClF2N2O5S/c28-22-16-21(30)7-8-24(22)38(35,36)32-23(19-3-1-4-20(29)15-19)5-2-6-25(32)27(11-12-27)37-26(34)31-13-9-18(17-33)10-14-31/h1,3-4,7-8,15-16,18,23,25,33H,2,5-6,9-14,17H2/t23-,25+/m0/s1. The molecular weight excluding hydrogens is 538 g/mol. The van der Waals surface area contributed by atoms with Gasteiger partial charge in [0.2, 0.25) is 10.0 Å². The molecule has 0 bridgehead atoms. The Morgan fingerprint density at radius 2 is 1.76 bits per heavy atom. The summed E-state index contributed by atoms with van der Waals surface area (Å²) < 4.78 is 63.8. The van der Waals surface area contributed by atoms with Gasteiger partial charge in [-0.1, -0.05) is 23.7 Å². The van der Waals surface area contributed by atoms with Gasteiger partial charge in [-0.3, -0.25) is 0 Å². The second-order valence-corrected chi connectivity index (χ2v) is 12.7. The number of sulfonamides is 1. The highest BCUT2D eigenvalue weighted by Gasteiger charge is 2.60. The van der Waals surface area contributed by atoms with Crippen LogP contribution >= 0.6 is 11.6 Å². The van der Waals surface area contributed by atoms with Crippen LogP contribution in [0.4, 0.5) is 13.6 Å². The molecule has 1 aliphatic carbocycles. The maximum atomic E-state index is 14.2. The molecule has 0 aromatic heterocycles. The summed E-state index contributed by atoms with van der Waals surface area (Å²) in [4.78, 5) is 14.5. The zero-order valence-electron chi connectivity index (χ0n) is 20.9. The summed E-state index contributed by atoms with van der Waals surface area (Å²) in [6.07, 6.45) is 3.38. The van der Waals surface area contributed by atoms with Crippen LogP contribution in [-0.4, -0.2) is 60.2 Å². The van der Waals surface area contributed by atoms with Gasteiger partial charge < -0.3 is 14.7 Å². The minimum atomic E-state index is -4.30. The predicted molar refractivity (Wildman–Crippen MR) is 137 cm³/mol. The van der Waals surface area contributed by atoms with Crippen LogP contribution in [0.1, 0.15) is 56.6 Å². The lowest BCUT2D eigenvalue weighted by Gasteiger charge is -2.45. The lowest BCUT2D eigenvalue weighted by molar-refractivity contribution is -0.0133. The molecule has 11 heteroatoms. The van der Waals surface area contributed by atoms with E-state index in [2.05, 4.69) is 0 Å². The zero-order chi connectivity index (χ0) is 27.1. The van der Waals surface area contributed by atoms with Crippen molar-refractivity contribution in [3.05, 3.63) is 64.7 Å². The number of aliphatic hydroxyl groups is 1. The van der Waals surface area contributed by atoms with Crippen molar-refractivity contribution < 1.29 is 31.8 Å². The summed E-state index contributed by atoms with van der Waals surface area (Å²) in [5.41, 5.74) is -0.527. The Labute approximate surface area is 226 Å². The molecule has 1 saturated carbocycles. The first-order chi connectivity index (χ1) is 18.1. The van der Waals surface area contributed by atoms with E-state index in [0.29, 0.717) is 63.6 Å². The minimum absolute atomic E-state index is 0.0785. The van der Waals surface area contributed by atoms with Crippen molar-refractivity contribution in [2.75, 3.05) is 19.7 Å². The molecule has 38 heavy (non-hydrogen) atoms. The van der Waals surface area contributed by atoms with Crippen LogP contribution in [0.15, 0.2) is 47.4 Å². The molecule has 0 radical (unpaired) electrons. The molecule has 7 nitrogen and oxygen atoms in total. The smallest absolute Gasteiger partial charge is 0.410 e. The van der Waals surface area contributed by atoms with E-state index in [1.165, 1.54) is 22.5 Å². The molecule has 1 N–H and O–H groups in total. The van der Waals surface area contributed by atoms with Gasteiger partial charge in [0.25, 0.3) is 0 Å². The molecule has 0 spiro atoms. The number of halogens is 3. The molecule has 2 heterocycles. The SMILES string of the molecule is O=C(OC1([C@H]2CCC[C@@H](c3cccc(F)c3)N2S(=O)(=O)c2ccc(F)cc2Cl)CC1)N1CCC(CO)CC1. The molecular formula is C27H31ClF2N2O5S. The monoisotopic (exact) mass is 568 g/mol. The van der Waals surface area contributed by atoms with Crippen molar-refractivity contribution in [2.45, 2.75) is 67.5 Å². The maximum Gasteiger partial charge on any atom is 0.410 e. The van der Waals surface area contributed by atoms with Gasteiger partial charge in [-0.25, -0.2) is 22.0 Å². The fourth-order valence-corrected chi connectivity index (χ4v) is 8.22. The van der Waals surface area contributed by atoms with Crippen molar-refractivity contribution in [3.8, 4) is 0 Å². The average molecular weight is 569 g/mol. The molecule has 0 unspecified atom stereocenters. The van der Waals surface area contributed by atoms with E-state index >= 15 is 0 Å². The number of amides is 1. The molecule has 2 aliphatic heterocycles. The van der Waals surface area contributed by atoms with Crippen LogP contribution in [0.2, 0.25) is 5.02 Å². The Balaban J connectivity index is 1.50. The lowest BCUT2D eigenvalue weighted by atomic mass is 9.90. The predicted octanol–water partition coefficient (Wildman–Crippen LogP) is 5.28. The summed E-state index contributed by atoms with van der Waals surface area (Å²) in [7, 11) is -4.30. The van der Waals surface area contributed by atoms with E-state index in [4.69, 9.17) is 16.3 Å². The van der Waals surface area contributed by atoms with Crippen LogP contribution < -0.4 is 0 Å². The van der Waals surface area contributed by atoms with Crippen molar-refractivity contribution in [2.24, 2.45) is 5.92 Å². The highest BCUT2D eigenvalue weighted by atomic mass is 35.5. The third-order valence-corrected chi connectivity index (χ3v) is 10.4. The summed E-state index contributed by atoms with van der Waals surface area (Å²) in [6.45, 7) is 1.00. The van der Waals surface area contributed by atoms with E-state index in [9.17, 15) is 27.1 Å². The van der Waals surface area contributed by atoms with Gasteiger partial charge in [-0.05, 0) is 86.8 Å². The van der Waals surface area contributed by atoms with Crippen LogP contribution in [0.25, 0.3) is 0 Å². The quantitative estimate of drug-likeness (QED) is 0.512. The Kier molecular flexibility index (Phi) is 7.70. The maximum absolute atomic E-state index is 14.2. The molecule has 3 fully saturated rings. The van der Waals surface area contributed by atoms with Crippen LogP contribution in [0.5, 0.6) is 0 Å². The first kappa shape index (κ1) is 27.3. The van der Waals surface area contributed by atoms with Crippen molar-refractivity contribution in [1.29, 1.82) is 0 Å². The van der Waals surface area contributed by atoms with E-state index < -0.39 is 45.4 Å². The number of carbonyl (C=O) groups is 1. The Bertz CT molecular complexity index is 1300. The number of likely N-dealkylation sites (tertiary alicyclic amines) is 1. The van der Waals surface area contributed by atoms with Gasteiger partial charge in [0.15, 0.2) is 0 Å². The molecule has 2 aromatic carbocycles. The van der Waals surface area contributed by atoms with Crippen LogP contribution in [-0.2, 0) is 14.8 Å². The number of benzene rings is 2. The average Bonchev–Trinajstić information content (AvgIpc) is 3.68. The first-order valence-corrected chi connectivity index (χ1v) is 14.8. The van der Waals surface area contributed by atoms with Crippen molar-refractivity contribution >= 4 is 27.7 Å². The van der Waals surface area contributed by atoms with Crippen molar-refractivity contribution in [3.63, 3.8) is 0 Å². The highest BCUT2D eigenvalue weighted by molar-refractivity contribution is 7.89. The summed E-state index contributed by atoms with van der Waals surface area (Å²) in [6, 6.07) is 7.54. The van der Waals surface area contributed by atoms with Crippen LogP contribution in [0.3, 0.4) is 0 Å². The van der Waals surface area contributed by atoms with E-state index in [0.717, 1.165) is 18.2 Å². The van der Waals surface area contributed by atoms with E-state index in [1.807, 2.05) is 0 Å². The summed E-state index contributed by atoms with van der Waals surface area (Å²) in [5, 5.41) is 9.15. The third-order valence-electron chi connectivity index (χ3n) is 8.02. The van der Waals surface area contributed by atoms with E-state index in [-0.39, 0.29) is 22.4 Å². The van der Waals surface area contributed by atoms with Gasteiger partial charge in [0.1, 0.15) is 22.1 Å². The lowest BCUT2D eigenvalue weighted by Crippen LogP contribution is -2.54. The topological polar surface area (TPSA) is 87.2 Å². The molecule has 3 aliphatic rings. The molecule has 1 amide bonds. The largest absolute Gasteiger partial charge is 0.441 e. The summed E-state index contributed by atoms with van der Waals surface area (Å²) in [5.74, 6) is -0.996. The number of ether oxygens (including phenoxy) is 1. The van der Waals surface area contributed by atoms with Crippen molar-refractivity contribution in [1.82, 2.24) is 9.21 Å². The second-order valence-electron chi connectivity index (χ2n) is 10.5. The van der Waals surface area contributed by atoms with Gasteiger partial charge >= 0.3 is 6.09 Å². The fourth-order valence-electron chi connectivity index (χ4n) is 5.79. The number of carbonyl (C=O) groups excluding carboxylic acids is 1. The number of rotatable bonds is 6. The zero-order valence-corrected chi connectivity index (χ0v) is 22.4. The number of piperidine rings is 2. The van der Waals surface area contributed by atoms with Crippen LogP contribution in [0, 0.1) is 17.6 Å². The Morgan fingerprint density at radius 1 is 1.05 bits per heavy atom. The summed E-state index contributed by atoms with van der Waals surface area (Å²) >= 11 is 6.22. The molecule has 2 atom stereocenters. The van der Waals surface area contributed by atoms with Gasteiger partial charge in [-0.15, -0.1) is 0 Å². The number of aliphatic hydroxyl groups excluding tert-OH is 1. The number of nitrogens with zero attached hydrogens (tertiary/aromatic N) is 2.